The maximum absolute atomic E-state index is 11.9. The van der Waals surface area contributed by atoms with Gasteiger partial charge in [0.1, 0.15) is 5.75 Å². The Labute approximate surface area is 123 Å². The van der Waals surface area contributed by atoms with Crippen molar-refractivity contribution < 1.29 is 14.6 Å². The Bertz CT molecular complexity index is 570. The smallest absolute Gasteiger partial charge is 0.279 e. The summed E-state index contributed by atoms with van der Waals surface area (Å²) in [6, 6.07) is 16.4. The van der Waals surface area contributed by atoms with Gasteiger partial charge in [0.2, 0.25) is 6.10 Å². The van der Waals surface area contributed by atoms with Crippen LogP contribution in [-0.2, 0) is 11.2 Å². The Morgan fingerprint density at radius 1 is 1.14 bits per heavy atom. The molecule has 21 heavy (non-hydrogen) atoms. The van der Waals surface area contributed by atoms with E-state index in [0.717, 1.165) is 11.1 Å². The first kappa shape index (κ1) is 15.0. The normalized spacial score (nSPS) is 11.7. The van der Waals surface area contributed by atoms with Crippen molar-refractivity contribution in [1.29, 1.82) is 0 Å². The van der Waals surface area contributed by atoms with Crippen LogP contribution in [0.2, 0.25) is 0 Å². The van der Waals surface area contributed by atoms with E-state index in [1.807, 2.05) is 30.3 Å². The highest BCUT2D eigenvalue weighted by Crippen LogP contribution is 2.22. The van der Waals surface area contributed by atoms with E-state index >= 15 is 0 Å². The fraction of sp³-hybridized carbons (Fsp3) is 0.188. The van der Waals surface area contributed by atoms with Crippen molar-refractivity contribution in [3.63, 3.8) is 0 Å². The van der Waals surface area contributed by atoms with Crippen LogP contribution in [0.1, 0.15) is 17.2 Å². The molecule has 0 aromatic heterocycles. The zero-order chi connectivity index (χ0) is 15.1. The average Bonchev–Trinajstić information content (AvgIpc) is 2.54. The number of aliphatic hydroxyl groups is 1. The third-order valence-electron chi connectivity index (χ3n) is 3.06. The highest BCUT2D eigenvalue weighted by molar-refractivity contribution is 5.82. The van der Waals surface area contributed by atoms with Crippen LogP contribution in [0.15, 0.2) is 54.6 Å². The highest BCUT2D eigenvalue weighted by atomic mass is 16.5. The van der Waals surface area contributed by atoms with Crippen molar-refractivity contribution in [3.8, 4) is 5.75 Å². The second-order valence-corrected chi connectivity index (χ2v) is 4.53. The minimum absolute atomic E-state index is 0.0996. The van der Waals surface area contributed by atoms with Crippen LogP contribution in [0.4, 0.5) is 0 Å². The number of hydrogen-bond donors (Lipinski definition) is 3. The number of amides is 1. The maximum Gasteiger partial charge on any atom is 0.279 e. The maximum atomic E-state index is 11.9. The molecular formula is C16H18N2O3. The van der Waals surface area contributed by atoms with Crippen LogP contribution < -0.4 is 16.0 Å². The van der Waals surface area contributed by atoms with Crippen molar-refractivity contribution in [2.45, 2.75) is 12.5 Å². The van der Waals surface area contributed by atoms with Crippen LogP contribution in [0.3, 0.4) is 0 Å². The summed E-state index contributed by atoms with van der Waals surface area (Å²) in [4.78, 5) is 11.9. The van der Waals surface area contributed by atoms with Gasteiger partial charge in [0.25, 0.3) is 5.91 Å². The molecule has 1 amide bonds. The van der Waals surface area contributed by atoms with Crippen LogP contribution >= 0.6 is 0 Å². The Morgan fingerprint density at radius 2 is 1.81 bits per heavy atom. The van der Waals surface area contributed by atoms with E-state index in [1.54, 1.807) is 24.3 Å². The lowest BCUT2D eigenvalue weighted by molar-refractivity contribution is -0.128. The van der Waals surface area contributed by atoms with E-state index in [2.05, 4.69) is 5.43 Å². The topological polar surface area (TPSA) is 84.6 Å². The van der Waals surface area contributed by atoms with Gasteiger partial charge in [0.15, 0.2) is 0 Å². The number of aliphatic hydroxyl groups excluding tert-OH is 1. The monoisotopic (exact) mass is 286 g/mol. The minimum atomic E-state index is -0.806. The number of ether oxygens (including phenoxy) is 1. The molecule has 0 saturated carbocycles. The number of nitrogens with two attached hydrogens (primary N) is 1. The van der Waals surface area contributed by atoms with Crippen molar-refractivity contribution in [2.75, 3.05) is 6.61 Å². The quantitative estimate of drug-likeness (QED) is 0.425. The highest BCUT2D eigenvalue weighted by Gasteiger charge is 2.21. The van der Waals surface area contributed by atoms with Crippen LogP contribution in [0.5, 0.6) is 5.75 Å². The summed E-state index contributed by atoms with van der Waals surface area (Å²) in [7, 11) is 0. The zero-order valence-corrected chi connectivity index (χ0v) is 11.5. The first-order chi connectivity index (χ1) is 10.2. The third kappa shape index (κ3) is 4.05. The zero-order valence-electron chi connectivity index (χ0n) is 11.5. The molecule has 0 aliphatic heterocycles. The first-order valence-corrected chi connectivity index (χ1v) is 6.66. The molecule has 2 aromatic carbocycles. The molecule has 2 rings (SSSR count). The summed E-state index contributed by atoms with van der Waals surface area (Å²) in [6.07, 6.45) is -0.217. The molecule has 5 nitrogen and oxygen atoms in total. The molecule has 0 radical (unpaired) electrons. The summed E-state index contributed by atoms with van der Waals surface area (Å²) in [5.41, 5.74) is 3.84. The van der Waals surface area contributed by atoms with Crippen LogP contribution in [0, 0.1) is 0 Å². The predicted molar refractivity (Wildman–Crippen MR) is 79.4 cm³/mol. The van der Waals surface area contributed by atoms with Gasteiger partial charge in [0, 0.05) is 12.2 Å². The number of hydrogen-bond acceptors (Lipinski definition) is 4. The van der Waals surface area contributed by atoms with E-state index in [9.17, 15) is 4.79 Å². The molecule has 1 unspecified atom stereocenters. The Balaban J connectivity index is 2.17. The second-order valence-electron chi connectivity index (χ2n) is 4.53. The van der Waals surface area contributed by atoms with Crippen LogP contribution in [-0.4, -0.2) is 17.6 Å². The Hall–Kier alpha value is -2.37. The molecule has 2 aromatic rings. The van der Waals surface area contributed by atoms with Gasteiger partial charge in [-0.05, 0) is 24.1 Å². The summed E-state index contributed by atoms with van der Waals surface area (Å²) in [5.74, 6) is 5.37. The van der Waals surface area contributed by atoms with Crippen LogP contribution in [0.25, 0.3) is 0 Å². The lowest BCUT2D eigenvalue weighted by atomic mass is 10.1. The summed E-state index contributed by atoms with van der Waals surface area (Å²) in [5, 5.41) is 8.89. The van der Waals surface area contributed by atoms with Gasteiger partial charge in [-0.1, -0.05) is 42.5 Å². The van der Waals surface area contributed by atoms with Crippen molar-refractivity contribution in [3.05, 3.63) is 65.7 Å². The molecule has 0 saturated heterocycles. The number of carbonyl (C=O) groups excluding carboxylic acids is 1. The summed E-state index contributed by atoms with van der Waals surface area (Å²) >= 11 is 0. The third-order valence-corrected chi connectivity index (χ3v) is 3.06. The fourth-order valence-corrected chi connectivity index (χ4v) is 1.98. The predicted octanol–water partition coefficient (Wildman–Crippen LogP) is 1.33. The van der Waals surface area contributed by atoms with Crippen molar-refractivity contribution >= 4 is 5.91 Å². The lowest BCUT2D eigenvalue weighted by Gasteiger charge is -2.18. The van der Waals surface area contributed by atoms with Gasteiger partial charge in [0.05, 0.1) is 0 Å². The molecular weight excluding hydrogens is 268 g/mol. The Morgan fingerprint density at radius 3 is 2.38 bits per heavy atom. The van der Waals surface area contributed by atoms with E-state index in [1.165, 1.54) is 0 Å². The number of hydrazine groups is 1. The number of rotatable bonds is 6. The first-order valence-electron chi connectivity index (χ1n) is 6.66. The molecule has 0 fully saturated rings. The van der Waals surface area contributed by atoms with E-state index in [-0.39, 0.29) is 6.61 Å². The van der Waals surface area contributed by atoms with E-state index in [0.29, 0.717) is 12.2 Å². The second kappa shape index (κ2) is 7.42. The fourth-order valence-electron chi connectivity index (χ4n) is 1.98. The molecule has 0 bridgehead atoms. The van der Waals surface area contributed by atoms with Crippen molar-refractivity contribution in [2.24, 2.45) is 5.84 Å². The van der Waals surface area contributed by atoms with Gasteiger partial charge in [-0.15, -0.1) is 0 Å². The number of carbonyl (C=O) groups is 1. The molecule has 110 valence electrons. The van der Waals surface area contributed by atoms with Gasteiger partial charge in [-0.2, -0.15) is 0 Å². The van der Waals surface area contributed by atoms with Crippen molar-refractivity contribution in [1.82, 2.24) is 5.43 Å². The SMILES string of the molecule is NNC(=O)C(Oc1ccc(CCO)cc1)c1ccccc1. The standard InChI is InChI=1S/C16H18N2O3/c17-18-16(20)15(13-4-2-1-3-5-13)21-14-8-6-12(7-9-14)10-11-19/h1-9,15,19H,10-11,17H2,(H,18,20). The molecule has 1 atom stereocenters. The molecule has 0 aliphatic rings. The average molecular weight is 286 g/mol. The van der Waals surface area contributed by atoms with Gasteiger partial charge >= 0.3 is 0 Å². The van der Waals surface area contributed by atoms with Gasteiger partial charge in [-0.3, -0.25) is 10.2 Å². The lowest BCUT2D eigenvalue weighted by Crippen LogP contribution is -2.37. The number of benzene rings is 2. The summed E-state index contributed by atoms with van der Waals surface area (Å²) < 4.78 is 5.73. The number of nitrogens with one attached hydrogen (secondary N) is 1. The largest absolute Gasteiger partial charge is 0.476 e. The van der Waals surface area contributed by atoms with E-state index < -0.39 is 12.0 Å². The molecule has 4 N–H and O–H groups in total. The summed E-state index contributed by atoms with van der Waals surface area (Å²) in [6.45, 7) is 0.0996. The van der Waals surface area contributed by atoms with Gasteiger partial charge in [-0.25, -0.2) is 5.84 Å². The van der Waals surface area contributed by atoms with Gasteiger partial charge < -0.3 is 9.84 Å². The minimum Gasteiger partial charge on any atom is -0.476 e. The molecule has 0 aliphatic carbocycles. The molecule has 0 heterocycles. The Kier molecular flexibility index (Phi) is 5.31. The molecule has 5 heteroatoms. The molecule has 0 spiro atoms. The van der Waals surface area contributed by atoms with E-state index in [4.69, 9.17) is 15.7 Å².